The van der Waals surface area contributed by atoms with Crippen molar-refractivity contribution >= 4 is 5.91 Å². The minimum Gasteiger partial charge on any atom is -0.353 e. The van der Waals surface area contributed by atoms with Gasteiger partial charge in [0.1, 0.15) is 0 Å². The molecule has 0 aromatic carbocycles. The predicted molar refractivity (Wildman–Crippen MR) is 64.5 cm³/mol. The highest BCUT2D eigenvalue weighted by molar-refractivity contribution is 5.79. The average molecular weight is 214 g/mol. The van der Waals surface area contributed by atoms with E-state index in [1.165, 1.54) is 0 Å². The third-order valence-corrected chi connectivity index (χ3v) is 3.07. The topological polar surface area (TPSA) is 55.1 Å². The van der Waals surface area contributed by atoms with E-state index in [2.05, 4.69) is 26.1 Å². The lowest BCUT2D eigenvalue weighted by Crippen LogP contribution is -2.47. The zero-order valence-corrected chi connectivity index (χ0v) is 10.9. The van der Waals surface area contributed by atoms with Crippen LogP contribution in [0.15, 0.2) is 0 Å². The van der Waals surface area contributed by atoms with Gasteiger partial charge in [-0.15, -0.1) is 0 Å². The van der Waals surface area contributed by atoms with E-state index in [0.29, 0.717) is 0 Å². The van der Waals surface area contributed by atoms with Gasteiger partial charge in [-0.2, -0.15) is 0 Å². The Kier molecular flexibility index (Phi) is 5.29. The summed E-state index contributed by atoms with van der Waals surface area (Å²) in [6.07, 6.45) is 0.792. The molecule has 0 aliphatic heterocycles. The zero-order valence-electron chi connectivity index (χ0n) is 10.9. The second-order valence-electron chi connectivity index (χ2n) is 5.47. The summed E-state index contributed by atoms with van der Waals surface area (Å²) in [6, 6.07) is 0.0833. The molecule has 3 atom stereocenters. The molecule has 3 heteroatoms. The molecular weight excluding hydrogens is 188 g/mol. The molecule has 15 heavy (non-hydrogen) atoms. The standard InChI is InChI=1S/C12H26N2O/c1-7-10(8(2)13)11(15)14-9(3)12(4,5)6/h8-10H,7,13H2,1-6H3,(H,14,15). The summed E-state index contributed by atoms with van der Waals surface area (Å²) in [7, 11) is 0. The third kappa shape index (κ3) is 4.65. The number of rotatable bonds is 4. The first-order valence-electron chi connectivity index (χ1n) is 5.76. The Morgan fingerprint density at radius 1 is 1.33 bits per heavy atom. The summed E-state index contributed by atoms with van der Waals surface area (Å²) in [5.74, 6) is 0.00437. The van der Waals surface area contributed by atoms with Crippen LogP contribution in [0.1, 0.15) is 48.0 Å². The normalized spacial score (nSPS) is 18.1. The molecular formula is C12H26N2O. The van der Waals surface area contributed by atoms with E-state index in [4.69, 9.17) is 5.73 Å². The van der Waals surface area contributed by atoms with Crippen LogP contribution in [0.2, 0.25) is 0 Å². The van der Waals surface area contributed by atoms with E-state index in [9.17, 15) is 4.79 Å². The van der Waals surface area contributed by atoms with Crippen LogP contribution in [0.25, 0.3) is 0 Å². The summed E-state index contributed by atoms with van der Waals surface area (Å²) in [5.41, 5.74) is 5.86. The van der Waals surface area contributed by atoms with Crippen molar-refractivity contribution in [3.63, 3.8) is 0 Å². The van der Waals surface area contributed by atoms with Gasteiger partial charge in [0.25, 0.3) is 0 Å². The summed E-state index contributed by atoms with van der Waals surface area (Å²) >= 11 is 0. The lowest BCUT2D eigenvalue weighted by Gasteiger charge is -2.30. The maximum Gasteiger partial charge on any atom is 0.224 e. The second kappa shape index (κ2) is 5.50. The van der Waals surface area contributed by atoms with Crippen molar-refractivity contribution in [2.45, 2.75) is 60.0 Å². The van der Waals surface area contributed by atoms with Gasteiger partial charge in [-0.05, 0) is 25.7 Å². The summed E-state index contributed by atoms with van der Waals surface area (Å²) in [6.45, 7) is 12.3. The van der Waals surface area contributed by atoms with E-state index < -0.39 is 0 Å². The van der Waals surface area contributed by atoms with E-state index >= 15 is 0 Å². The van der Waals surface area contributed by atoms with Crippen molar-refractivity contribution in [2.75, 3.05) is 0 Å². The Hall–Kier alpha value is -0.570. The molecule has 0 heterocycles. The highest BCUT2D eigenvalue weighted by Gasteiger charge is 2.26. The first kappa shape index (κ1) is 14.4. The molecule has 0 aliphatic rings. The van der Waals surface area contributed by atoms with Crippen LogP contribution in [-0.2, 0) is 4.79 Å². The van der Waals surface area contributed by atoms with Gasteiger partial charge in [-0.25, -0.2) is 0 Å². The van der Waals surface area contributed by atoms with Gasteiger partial charge in [0, 0.05) is 12.1 Å². The molecule has 1 amide bonds. The number of hydrogen-bond acceptors (Lipinski definition) is 2. The molecule has 0 saturated carbocycles. The van der Waals surface area contributed by atoms with Crippen molar-refractivity contribution in [3.8, 4) is 0 Å². The zero-order chi connectivity index (χ0) is 12.2. The van der Waals surface area contributed by atoms with Crippen LogP contribution < -0.4 is 11.1 Å². The molecule has 3 N–H and O–H groups in total. The molecule has 0 aromatic heterocycles. The molecule has 90 valence electrons. The second-order valence-corrected chi connectivity index (χ2v) is 5.47. The van der Waals surface area contributed by atoms with Crippen LogP contribution in [-0.4, -0.2) is 18.0 Å². The minimum atomic E-state index is -0.0813. The Labute approximate surface area is 93.8 Å². The first-order valence-corrected chi connectivity index (χ1v) is 5.76. The van der Waals surface area contributed by atoms with Crippen LogP contribution >= 0.6 is 0 Å². The molecule has 0 fully saturated rings. The maximum atomic E-state index is 11.9. The summed E-state index contributed by atoms with van der Waals surface area (Å²) in [5, 5.41) is 3.03. The fraction of sp³-hybridized carbons (Fsp3) is 0.917. The molecule has 0 saturated heterocycles. The first-order chi connectivity index (χ1) is 6.70. The van der Waals surface area contributed by atoms with Crippen molar-refractivity contribution in [3.05, 3.63) is 0 Å². The number of amides is 1. The van der Waals surface area contributed by atoms with Gasteiger partial charge >= 0.3 is 0 Å². The molecule has 0 rings (SSSR count). The smallest absolute Gasteiger partial charge is 0.224 e. The van der Waals surface area contributed by atoms with E-state index in [1.54, 1.807) is 0 Å². The van der Waals surface area contributed by atoms with Crippen molar-refractivity contribution in [1.29, 1.82) is 0 Å². The fourth-order valence-corrected chi connectivity index (χ4v) is 1.33. The Bertz CT molecular complexity index is 206. The number of hydrogen-bond donors (Lipinski definition) is 2. The van der Waals surface area contributed by atoms with Gasteiger partial charge in [-0.3, -0.25) is 4.79 Å². The van der Waals surface area contributed by atoms with Crippen LogP contribution in [0.3, 0.4) is 0 Å². The van der Waals surface area contributed by atoms with E-state index in [-0.39, 0.29) is 29.3 Å². The van der Waals surface area contributed by atoms with Gasteiger partial charge < -0.3 is 11.1 Å². The molecule has 0 spiro atoms. The maximum absolute atomic E-state index is 11.9. The number of nitrogens with one attached hydrogen (secondary N) is 1. The lowest BCUT2D eigenvalue weighted by molar-refractivity contribution is -0.126. The Balaban J connectivity index is 4.35. The average Bonchev–Trinajstić information content (AvgIpc) is 2.02. The Morgan fingerprint density at radius 2 is 1.80 bits per heavy atom. The monoisotopic (exact) mass is 214 g/mol. The lowest BCUT2D eigenvalue weighted by atomic mass is 9.87. The van der Waals surface area contributed by atoms with E-state index in [0.717, 1.165) is 6.42 Å². The molecule has 0 radical (unpaired) electrons. The number of nitrogens with two attached hydrogens (primary N) is 1. The largest absolute Gasteiger partial charge is 0.353 e. The number of carbonyl (C=O) groups is 1. The fourth-order valence-electron chi connectivity index (χ4n) is 1.33. The van der Waals surface area contributed by atoms with Crippen molar-refractivity contribution in [1.82, 2.24) is 5.32 Å². The minimum absolute atomic E-state index is 0.0743. The van der Waals surface area contributed by atoms with Crippen LogP contribution in [0.5, 0.6) is 0 Å². The van der Waals surface area contributed by atoms with Gasteiger partial charge in [0.2, 0.25) is 5.91 Å². The Morgan fingerprint density at radius 3 is 2.07 bits per heavy atom. The third-order valence-electron chi connectivity index (χ3n) is 3.07. The highest BCUT2D eigenvalue weighted by Crippen LogP contribution is 2.19. The van der Waals surface area contributed by atoms with Crippen LogP contribution in [0, 0.1) is 11.3 Å². The molecule has 3 unspecified atom stereocenters. The van der Waals surface area contributed by atoms with Gasteiger partial charge in [-0.1, -0.05) is 27.7 Å². The molecule has 0 aliphatic carbocycles. The van der Waals surface area contributed by atoms with Gasteiger partial charge in [0.05, 0.1) is 5.92 Å². The highest BCUT2D eigenvalue weighted by atomic mass is 16.2. The van der Waals surface area contributed by atoms with Crippen LogP contribution in [0.4, 0.5) is 0 Å². The predicted octanol–water partition coefficient (Wildman–Crippen LogP) is 1.91. The quantitative estimate of drug-likeness (QED) is 0.751. The summed E-state index contributed by atoms with van der Waals surface area (Å²) < 4.78 is 0. The number of carbonyl (C=O) groups excluding carboxylic acids is 1. The molecule has 3 nitrogen and oxygen atoms in total. The summed E-state index contributed by atoms with van der Waals surface area (Å²) in [4.78, 5) is 11.9. The van der Waals surface area contributed by atoms with Gasteiger partial charge in [0.15, 0.2) is 0 Å². The molecule has 0 bridgehead atoms. The van der Waals surface area contributed by atoms with Crippen molar-refractivity contribution in [2.24, 2.45) is 17.1 Å². The van der Waals surface area contributed by atoms with Crippen molar-refractivity contribution < 1.29 is 4.79 Å². The molecule has 0 aromatic rings. The SMILES string of the molecule is CCC(C(=O)NC(C)C(C)(C)C)C(C)N. The van der Waals surface area contributed by atoms with E-state index in [1.807, 2.05) is 20.8 Å².